The molecule has 29 heavy (non-hydrogen) atoms. The van der Waals surface area contributed by atoms with Crippen LogP contribution in [0.2, 0.25) is 0 Å². The van der Waals surface area contributed by atoms with E-state index in [-0.39, 0.29) is 25.2 Å². The number of unbranched alkanes of at least 4 members (excludes halogenated alkanes) is 1. The Kier molecular flexibility index (Phi) is 5.57. The van der Waals surface area contributed by atoms with Gasteiger partial charge in [0.2, 0.25) is 6.79 Å². The second-order valence-electron chi connectivity index (χ2n) is 6.92. The zero-order chi connectivity index (χ0) is 20.4. The third kappa shape index (κ3) is 3.87. The number of hydrogen-bond donors (Lipinski definition) is 1. The third-order valence-corrected chi connectivity index (χ3v) is 5.96. The summed E-state index contributed by atoms with van der Waals surface area (Å²) in [6, 6.07) is 5.04. The van der Waals surface area contributed by atoms with E-state index in [1.54, 1.807) is 17.6 Å². The highest BCUT2D eigenvalue weighted by Crippen LogP contribution is 2.32. The maximum Gasteiger partial charge on any atom is 0.501 e. The standard InChI is InChI=1S/C20H21N3O5S/c1-2-3-7-22-19(25)18-14(6-8-29-18)23(20(22)26)11-17(24)21-10-13-4-5-15-16(9-13)28-12-27-15/h4-6,8-9,18H,2-3,7,10-12H2,1H3/p+1. The minimum absolute atomic E-state index is 0.129. The van der Waals surface area contributed by atoms with E-state index in [2.05, 4.69) is 5.32 Å². The van der Waals surface area contributed by atoms with Crippen molar-refractivity contribution in [2.45, 2.75) is 31.6 Å². The van der Waals surface area contributed by atoms with Crippen LogP contribution in [0.3, 0.4) is 0 Å². The summed E-state index contributed by atoms with van der Waals surface area (Å²) in [6.45, 7) is 2.74. The Labute approximate surface area is 172 Å². The van der Waals surface area contributed by atoms with Crippen LogP contribution in [0.5, 0.6) is 11.5 Å². The molecule has 1 N–H and O–H groups in total. The van der Waals surface area contributed by atoms with Crippen molar-refractivity contribution in [2.75, 3.05) is 19.9 Å². The first kappa shape index (κ1) is 19.5. The van der Waals surface area contributed by atoms with Crippen LogP contribution in [0.4, 0.5) is 4.79 Å². The van der Waals surface area contributed by atoms with Crippen LogP contribution in [-0.4, -0.2) is 58.2 Å². The molecule has 1 unspecified atom stereocenters. The molecule has 0 saturated carbocycles. The predicted octanol–water partition coefficient (Wildman–Crippen LogP) is 1.88. The first-order valence-corrected chi connectivity index (χ1v) is 10.5. The summed E-state index contributed by atoms with van der Waals surface area (Å²) in [7, 11) is 0. The number of benzene rings is 1. The molecule has 9 heteroatoms. The zero-order valence-corrected chi connectivity index (χ0v) is 16.9. The number of carbonyl (C=O) groups is 3. The number of amides is 4. The molecular formula is C20H22N3O5S+. The van der Waals surface area contributed by atoms with Crippen molar-refractivity contribution in [1.29, 1.82) is 0 Å². The van der Waals surface area contributed by atoms with Gasteiger partial charge in [-0.05, 0) is 35.6 Å². The molecule has 8 nitrogen and oxygen atoms in total. The fraction of sp³-hybridized carbons (Fsp3) is 0.400. The van der Waals surface area contributed by atoms with E-state index in [0.29, 0.717) is 30.3 Å². The molecule has 0 bridgehead atoms. The summed E-state index contributed by atoms with van der Waals surface area (Å²) >= 11 is 1.37. The van der Waals surface area contributed by atoms with Gasteiger partial charge in [0.15, 0.2) is 23.3 Å². The SMILES string of the molecule is CCCCN1C(=O)C2SC=CC2=[N+](CC(=O)NCc2ccc3c(c2)OCO3)C1=O. The van der Waals surface area contributed by atoms with E-state index in [4.69, 9.17) is 9.47 Å². The monoisotopic (exact) mass is 416 g/mol. The second kappa shape index (κ2) is 8.28. The fourth-order valence-corrected chi connectivity index (χ4v) is 4.35. The van der Waals surface area contributed by atoms with Gasteiger partial charge < -0.3 is 14.8 Å². The van der Waals surface area contributed by atoms with Crippen molar-refractivity contribution >= 4 is 35.3 Å². The summed E-state index contributed by atoms with van der Waals surface area (Å²) in [5.74, 6) is 0.839. The third-order valence-electron chi connectivity index (χ3n) is 4.95. The normalized spacial score (nSPS) is 19.8. The lowest BCUT2D eigenvalue weighted by atomic mass is 10.1. The number of rotatable bonds is 7. The Hall–Kier alpha value is -2.81. The van der Waals surface area contributed by atoms with Crippen LogP contribution >= 0.6 is 11.8 Å². The summed E-state index contributed by atoms with van der Waals surface area (Å²) in [4.78, 5) is 39.3. The minimum Gasteiger partial charge on any atom is -0.454 e. The lowest BCUT2D eigenvalue weighted by Crippen LogP contribution is -2.56. The lowest BCUT2D eigenvalue weighted by Gasteiger charge is -2.24. The van der Waals surface area contributed by atoms with Gasteiger partial charge in [0.1, 0.15) is 5.71 Å². The molecule has 0 radical (unpaired) electrons. The highest BCUT2D eigenvalue weighted by atomic mass is 32.2. The van der Waals surface area contributed by atoms with Gasteiger partial charge in [0, 0.05) is 6.54 Å². The van der Waals surface area contributed by atoms with Crippen LogP contribution in [0.15, 0.2) is 29.7 Å². The second-order valence-corrected chi connectivity index (χ2v) is 7.94. The van der Waals surface area contributed by atoms with Crippen LogP contribution in [-0.2, 0) is 16.1 Å². The maximum absolute atomic E-state index is 12.9. The van der Waals surface area contributed by atoms with Gasteiger partial charge in [-0.3, -0.25) is 4.79 Å². The van der Waals surface area contributed by atoms with Crippen molar-refractivity contribution < 1.29 is 28.4 Å². The summed E-state index contributed by atoms with van der Waals surface area (Å²) in [5.41, 5.74) is 1.45. The highest BCUT2D eigenvalue weighted by Gasteiger charge is 2.48. The first-order valence-electron chi connectivity index (χ1n) is 9.55. The molecule has 1 aromatic carbocycles. The van der Waals surface area contributed by atoms with Crippen molar-refractivity contribution in [1.82, 2.24) is 10.2 Å². The average molecular weight is 416 g/mol. The average Bonchev–Trinajstić information content (AvgIpc) is 3.38. The molecular weight excluding hydrogens is 394 g/mol. The number of fused-ring (bicyclic) bond motifs is 2. The molecule has 3 aliphatic heterocycles. The molecule has 0 fully saturated rings. The van der Waals surface area contributed by atoms with Gasteiger partial charge in [-0.15, -0.1) is 11.8 Å². The van der Waals surface area contributed by atoms with Gasteiger partial charge in [0.25, 0.3) is 5.91 Å². The molecule has 0 saturated heterocycles. The van der Waals surface area contributed by atoms with Crippen molar-refractivity contribution in [2.24, 2.45) is 0 Å². The maximum atomic E-state index is 12.9. The molecule has 1 aromatic rings. The van der Waals surface area contributed by atoms with E-state index in [0.717, 1.165) is 18.4 Å². The quantitative estimate of drug-likeness (QED) is 0.683. The van der Waals surface area contributed by atoms with Crippen LogP contribution in [0.25, 0.3) is 0 Å². The molecule has 3 heterocycles. The molecule has 152 valence electrons. The number of nitrogens with one attached hydrogen (secondary N) is 1. The Morgan fingerprint density at radius 1 is 1.31 bits per heavy atom. The number of urea groups is 1. The summed E-state index contributed by atoms with van der Waals surface area (Å²) < 4.78 is 12.0. The summed E-state index contributed by atoms with van der Waals surface area (Å²) in [5, 5.41) is 4.18. The van der Waals surface area contributed by atoms with Crippen molar-refractivity contribution in [3.63, 3.8) is 0 Å². The van der Waals surface area contributed by atoms with Crippen LogP contribution in [0, 0.1) is 0 Å². The number of nitrogens with zero attached hydrogens (tertiary/aromatic N) is 2. The molecule has 0 spiro atoms. The van der Waals surface area contributed by atoms with Gasteiger partial charge in [-0.1, -0.05) is 19.4 Å². The Morgan fingerprint density at radius 2 is 2.14 bits per heavy atom. The molecule has 0 aromatic heterocycles. The van der Waals surface area contributed by atoms with Crippen molar-refractivity contribution in [3.05, 3.63) is 35.2 Å². The Bertz CT molecular complexity index is 927. The van der Waals surface area contributed by atoms with Gasteiger partial charge in [-0.25, -0.2) is 4.79 Å². The molecule has 3 aliphatic rings. The topological polar surface area (TPSA) is 88.0 Å². The number of hydrogen-bond acceptors (Lipinski definition) is 6. The highest BCUT2D eigenvalue weighted by molar-refractivity contribution is 8.04. The number of ether oxygens (including phenoxy) is 2. The lowest BCUT2D eigenvalue weighted by molar-refractivity contribution is -0.426. The Morgan fingerprint density at radius 3 is 2.97 bits per heavy atom. The fourth-order valence-electron chi connectivity index (χ4n) is 3.38. The van der Waals surface area contributed by atoms with E-state index in [1.807, 2.05) is 19.1 Å². The number of imide groups is 1. The largest absolute Gasteiger partial charge is 0.501 e. The molecule has 1 atom stereocenters. The van der Waals surface area contributed by atoms with E-state index in [1.165, 1.54) is 21.2 Å². The van der Waals surface area contributed by atoms with E-state index >= 15 is 0 Å². The predicted molar refractivity (Wildman–Crippen MR) is 107 cm³/mol. The first-order chi connectivity index (χ1) is 14.1. The molecule has 0 aliphatic carbocycles. The van der Waals surface area contributed by atoms with Crippen LogP contribution < -0.4 is 14.8 Å². The zero-order valence-electron chi connectivity index (χ0n) is 16.1. The summed E-state index contributed by atoms with van der Waals surface area (Å²) in [6.07, 6.45) is 3.36. The van der Waals surface area contributed by atoms with Crippen LogP contribution in [0.1, 0.15) is 25.3 Å². The van der Waals surface area contributed by atoms with E-state index in [9.17, 15) is 14.4 Å². The Balaban J connectivity index is 1.44. The van der Waals surface area contributed by atoms with Gasteiger partial charge in [-0.2, -0.15) is 14.3 Å². The van der Waals surface area contributed by atoms with E-state index < -0.39 is 11.3 Å². The minimum atomic E-state index is -0.453. The van der Waals surface area contributed by atoms with Gasteiger partial charge >= 0.3 is 11.9 Å². The number of carbonyl (C=O) groups excluding carboxylic acids is 3. The number of allylic oxidation sites excluding steroid dienone is 1. The molecule has 4 rings (SSSR count). The number of thioether (sulfide) groups is 1. The van der Waals surface area contributed by atoms with Crippen molar-refractivity contribution in [3.8, 4) is 11.5 Å². The van der Waals surface area contributed by atoms with Gasteiger partial charge in [0.05, 0.1) is 6.54 Å². The molecule has 4 amide bonds. The smallest absolute Gasteiger partial charge is 0.454 e.